The fourth-order valence-corrected chi connectivity index (χ4v) is 2.22. The third-order valence-corrected chi connectivity index (χ3v) is 3.91. The van der Waals surface area contributed by atoms with Crippen molar-refractivity contribution in [1.29, 1.82) is 0 Å². The summed E-state index contributed by atoms with van der Waals surface area (Å²) in [5.74, 6) is 0.901. The molecule has 0 heterocycles. The van der Waals surface area contributed by atoms with Gasteiger partial charge in [0.2, 0.25) is 0 Å². The molecule has 0 nitrogen and oxygen atoms in total. The van der Waals surface area contributed by atoms with Crippen LogP contribution in [0.25, 0.3) is 0 Å². The molecule has 0 amide bonds. The molecule has 0 aliphatic rings. The van der Waals surface area contributed by atoms with Crippen molar-refractivity contribution in [3.63, 3.8) is 0 Å². The molecular weight excluding hydrogens is 216 g/mol. The highest BCUT2D eigenvalue weighted by Gasteiger charge is 1.95. The van der Waals surface area contributed by atoms with Crippen LogP contribution in [0, 0.1) is 5.92 Å². The van der Waals surface area contributed by atoms with Crippen LogP contribution in [-0.4, -0.2) is 0 Å². The summed E-state index contributed by atoms with van der Waals surface area (Å²) >= 11 is 0. The lowest BCUT2D eigenvalue weighted by atomic mass is 10.0. The summed E-state index contributed by atoms with van der Waals surface area (Å²) < 4.78 is 0. The van der Waals surface area contributed by atoms with Crippen molar-refractivity contribution >= 4 is 0 Å². The van der Waals surface area contributed by atoms with Crippen molar-refractivity contribution in [3.8, 4) is 0 Å². The zero-order valence-electron chi connectivity index (χ0n) is 13.2. The molecule has 0 aliphatic carbocycles. The fourth-order valence-electron chi connectivity index (χ4n) is 2.22. The molecule has 0 N–H and O–H groups in total. The third-order valence-electron chi connectivity index (χ3n) is 3.91. The fraction of sp³-hybridized carbons (Fsp3) is 0.889. The predicted molar refractivity (Wildman–Crippen MR) is 85.1 cm³/mol. The van der Waals surface area contributed by atoms with Crippen LogP contribution >= 0.6 is 0 Å². The summed E-state index contributed by atoms with van der Waals surface area (Å²) in [5.41, 5.74) is 0. The zero-order valence-corrected chi connectivity index (χ0v) is 13.2. The summed E-state index contributed by atoms with van der Waals surface area (Å²) in [5, 5.41) is 0. The van der Waals surface area contributed by atoms with Crippen molar-refractivity contribution < 1.29 is 0 Å². The number of hydrogen-bond donors (Lipinski definition) is 0. The molecule has 0 heteroatoms. The average molecular weight is 252 g/mol. The molecule has 1 atom stereocenters. The molecule has 0 aromatic rings. The van der Waals surface area contributed by atoms with Crippen LogP contribution in [0.1, 0.15) is 97.8 Å². The van der Waals surface area contributed by atoms with Crippen LogP contribution < -0.4 is 0 Å². The van der Waals surface area contributed by atoms with Gasteiger partial charge in [0, 0.05) is 0 Å². The Labute approximate surface area is 116 Å². The smallest absolute Gasteiger partial charge is 0.0348 e. The molecule has 0 fully saturated rings. The monoisotopic (exact) mass is 252 g/mol. The van der Waals surface area contributed by atoms with E-state index in [9.17, 15) is 0 Å². The van der Waals surface area contributed by atoms with E-state index < -0.39 is 0 Å². The van der Waals surface area contributed by atoms with Gasteiger partial charge in [-0.1, -0.05) is 84.3 Å². The number of rotatable bonds is 13. The van der Waals surface area contributed by atoms with E-state index in [1.165, 1.54) is 77.0 Å². The average Bonchev–Trinajstić information content (AvgIpc) is 2.39. The van der Waals surface area contributed by atoms with E-state index in [1.807, 2.05) is 0 Å². The third kappa shape index (κ3) is 13.8. The van der Waals surface area contributed by atoms with Crippen LogP contribution in [0.2, 0.25) is 0 Å². The van der Waals surface area contributed by atoms with Crippen LogP contribution in [0.3, 0.4) is 0 Å². The minimum atomic E-state index is 0.901. The number of allylic oxidation sites excluding steroid dienone is 2. The van der Waals surface area contributed by atoms with Gasteiger partial charge < -0.3 is 0 Å². The largest absolute Gasteiger partial charge is 0.0885 e. The highest BCUT2D eigenvalue weighted by molar-refractivity contribution is 4.81. The number of unbranched alkanes of at least 4 members (excludes halogenated alkanes) is 8. The topological polar surface area (TPSA) is 0 Å². The molecular formula is C18H36. The maximum atomic E-state index is 2.40. The molecule has 0 saturated carbocycles. The molecule has 0 saturated heterocycles. The van der Waals surface area contributed by atoms with E-state index in [2.05, 4.69) is 32.9 Å². The van der Waals surface area contributed by atoms with E-state index in [0.717, 1.165) is 5.92 Å². The zero-order chi connectivity index (χ0) is 13.5. The maximum absolute atomic E-state index is 2.40. The molecule has 0 aliphatic heterocycles. The van der Waals surface area contributed by atoms with Gasteiger partial charge in [-0.05, 0) is 31.6 Å². The lowest BCUT2D eigenvalue weighted by Gasteiger charge is -2.04. The Morgan fingerprint density at radius 1 is 0.722 bits per heavy atom. The Kier molecular flexibility index (Phi) is 14.6. The second-order valence-electron chi connectivity index (χ2n) is 5.83. The summed E-state index contributed by atoms with van der Waals surface area (Å²) in [6, 6.07) is 0. The molecule has 0 rings (SSSR count). The van der Waals surface area contributed by atoms with E-state index in [-0.39, 0.29) is 0 Å². The van der Waals surface area contributed by atoms with Gasteiger partial charge in [-0.15, -0.1) is 0 Å². The molecule has 0 spiro atoms. The first-order chi connectivity index (χ1) is 8.81. The Bertz CT molecular complexity index is 169. The van der Waals surface area contributed by atoms with Gasteiger partial charge in [0.15, 0.2) is 0 Å². The first-order valence-electron chi connectivity index (χ1n) is 8.46. The van der Waals surface area contributed by atoms with Crippen LogP contribution in [0.15, 0.2) is 12.2 Å². The predicted octanol–water partition coefficient (Wildman–Crippen LogP) is 6.90. The van der Waals surface area contributed by atoms with Crippen molar-refractivity contribution in [3.05, 3.63) is 12.2 Å². The lowest BCUT2D eigenvalue weighted by Crippen LogP contribution is -1.89. The van der Waals surface area contributed by atoms with E-state index in [0.29, 0.717) is 0 Å². The van der Waals surface area contributed by atoms with Crippen molar-refractivity contribution in [2.45, 2.75) is 97.8 Å². The summed E-state index contributed by atoms with van der Waals surface area (Å²) in [6.07, 6.45) is 21.5. The Balaban J connectivity index is 3.08. The lowest BCUT2D eigenvalue weighted by molar-refractivity contribution is 0.521. The van der Waals surface area contributed by atoms with Gasteiger partial charge in [-0.2, -0.15) is 0 Å². The van der Waals surface area contributed by atoms with Gasteiger partial charge in [0.25, 0.3) is 0 Å². The second kappa shape index (κ2) is 14.8. The second-order valence-corrected chi connectivity index (χ2v) is 5.83. The Hall–Kier alpha value is -0.260. The van der Waals surface area contributed by atoms with Gasteiger partial charge in [-0.25, -0.2) is 0 Å². The molecule has 108 valence electrons. The van der Waals surface area contributed by atoms with Gasteiger partial charge in [0.1, 0.15) is 0 Å². The minimum absolute atomic E-state index is 0.901. The standard InChI is InChI=1S/C18H36/c1-4-6-7-8-9-10-11-12-13-14-15-16-17-18(3)5-2/h14-15,18H,4-13,16-17H2,1-3H3/b15-14-. The van der Waals surface area contributed by atoms with Crippen molar-refractivity contribution in [2.75, 3.05) is 0 Å². The van der Waals surface area contributed by atoms with Crippen molar-refractivity contribution in [2.24, 2.45) is 5.92 Å². The Morgan fingerprint density at radius 3 is 1.89 bits per heavy atom. The Morgan fingerprint density at radius 2 is 1.28 bits per heavy atom. The molecule has 1 unspecified atom stereocenters. The first-order valence-corrected chi connectivity index (χ1v) is 8.46. The summed E-state index contributed by atoms with van der Waals surface area (Å²) in [4.78, 5) is 0. The van der Waals surface area contributed by atoms with E-state index >= 15 is 0 Å². The summed E-state index contributed by atoms with van der Waals surface area (Å²) in [6.45, 7) is 6.93. The van der Waals surface area contributed by atoms with Gasteiger partial charge in [-0.3, -0.25) is 0 Å². The minimum Gasteiger partial charge on any atom is -0.0885 e. The van der Waals surface area contributed by atoms with Crippen LogP contribution in [0.5, 0.6) is 0 Å². The SMILES string of the molecule is CCCCCCCCCC/C=C\CCC(C)CC. The highest BCUT2D eigenvalue weighted by atomic mass is 14.0. The molecule has 0 radical (unpaired) electrons. The van der Waals surface area contributed by atoms with Gasteiger partial charge in [0.05, 0.1) is 0 Å². The number of hydrogen-bond acceptors (Lipinski definition) is 0. The molecule has 18 heavy (non-hydrogen) atoms. The normalized spacial score (nSPS) is 13.3. The maximum Gasteiger partial charge on any atom is -0.0348 e. The quantitative estimate of drug-likeness (QED) is 0.247. The van der Waals surface area contributed by atoms with E-state index in [1.54, 1.807) is 0 Å². The molecule has 0 aromatic carbocycles. The van der Waals surface area contributed by atoms with Crippen LogP contribution in [-0.2, 0) is 0 Å². The first kappa shape index (κ1) is 17.7. The molecule has 0 bridgehead atoms. The van der Waals surface area contributed by atoms with Gasteiger partial charge >= 0.3 is 0 Å². The summed E-state index contributed by atoms with van der Waals surface area (Å²) in [7, 11) is 0. The van der Waals surface area contributed by atoms with Crippen molar-refractivity contribution in [1.82, 2.24) is 0 Å². The molecule has 0 aromatic heterocycles. The highest BCUT2D eigenvalue weighted by Crippen LogP contribution is 2.11. The van der Waals surface area contributed by atoms with Crippen LogP contribution in [0.4, 0.5) is 0 Å². The van der Waals surface area contributed by atoms with E-state index in [4.69, 9.17) is 0 Å².